The molecule has 0 aliphatic carbocycles. The summed E-state index contributed by atoms with van der Waals surface area (Å²) in [5.74, 6) is 0.926. The molecule has 7 heteroatoms. The minimum absolute atomic E-state index is 0.0935. The maximum absolute atomic E-state index is 12.3. The molecule has 1 aromatic carbocycles. The van der Waals surface area contributed by atoms with Crippen molar-refractivity contribution < 1.29 is 17.9 Å². The maximum Gasteiger partial charge on any atom is 0.241 e. The Morgan fingerprint density at radius 3 is 2.62 bits per heavy atom. The van der Waals surface area contributed by atoms with E-state index >= 15 is 0 Å². The average molecular weight is 310 g/mol. The second-order valence-corrected chi connectivity index (χ2v) is 6.61. The van der Waals surface area contributed by atoms with E-state index in [0.717, 1.165) is 0 Å². The highest BCUT2D eigenvalue weighted by Crippen LogP contribution is 2.20. The fourth-order valence-corrected chi connectivity index (χ4v) is 3.12. The van der Waals surface area contributed by atoms with Gasteiger partial charge in [-0.3, -0.25) is 0 Å². The van der Waals surface area contributed by atoms with Gasteiger partial charge in [0.2, 0.25) is 15.9 Å². The van der Waals surface area contributed by atoms with Crippen molar-refractivity contribution in [2.24, 2.45) is 0 Å². The number of aliphatic hydroxyl groups is 1. The second kappa shape index (κ2) is 5.97. The highest BCUT2D eigenvalue weighted by Gasteiger charge is 2.21. The molecule has 0 bridgehead atoms. The minimum Gasteiger partial charge on any atom is -0.444 e. The fourth-order valence-electron chi connectivity index (χ4n) is 1.87. The molecule has 0 saturated carbocycles. The first-order valence-electron chi connectivity index (χ1n) is 6.52. The molecule has 0 spiro atoms. The van der Waals surface area contributed by atoms with E-state index in [1.165, 1.54) is 18.3 Å². The first-order chi connectivity index (χ1) is 9.79. The van der Waals surface area contributed by atoms with Gasteiger partial charge in [-0.2, -0.15) is 4.72 Å². The molecule has 0 aliphatic rings. The maximum atomic E-state index is 12.3. The molecule has 6 nitrogen and oxygen atoms in total. The van der Waals surface area contributed by atoms with Crippen LogP contribution in [0, 0.1) is 6.92 Å². The minimum atomic E-state index is -3.72. The predicted molar refractivity (Wildman–Crippen MR) is 77.1 cm³/mol. The van der Waals surface area contributed by atoms with Crippen LogP contribution in [0.5, 0.6) is 0 Å². The lowest BCUT2D eigenvalue weighted by Gasteiger charge is -2.12. The number of benzene rings is 1. The van der Waals surface area contributed by atoms with E-state index in [4.69, 9.17) is 4.42 Å². The van der Waals surface area contributed by atoms with E-state index < -0.39 is 22.2 Å². The van der Waals surface area contributed by atoms with Crippen molar-refractivity contribution in [1.29, 1.82) is 0 Å². The van der Waals surface area contributed by atoms with Crippen LogP contribution in [0.15, 0.2) is 39.8 Å². The van der Waals surface area contributed by atoms with Gasteiger partial charge in [0.15, 0.2) is 0 Å². The number of rotatable bonds is 5. The molecule has 2 aromatic rings. The number of sulfonamides is 1. The zero-order chi connectivity index (χ0) is 15.6. The highest BCUT2D eigenvalue weighted by molar-refractivity contribution is 7.89. The molecule has 2 atom stereocenters. The van der Waals surface area contributed by atoms with Crippen molar-refractivity contribution >= 4 is 10.0 Å². The number of aromatic nitrogens is 1. The summed E-state index contributed by atoms with van der Waals surface area (Å²) in [6, 6.07) is 5.60. The van der Waals surface area contributed by atoms with Crippen molar-refractivity contribution in [3.8, 4) is 0 Å². The molecule has 1 heterocycles. The second-order valence-electron chi connectivity index (χ2n) is 4.90. The lowest BCUT2D eigenvalue weighted by Crippen LogP contribution is -2.27. The Balaban J connectivity index is 2.24. The lowest BCUT2D eigenvalue weighted by molar-refractivity contribution is 0.199. The Kier molecular flexibility index (Phi) is 4.46. The van der Waals surface area contributed by atoms with Crippen molar-refractivity contribution in [2.75, 3.05) is 0 Å². The molecule has 0 amide bonds. The Labute approximate surface area is 123 Å². The van der Waals surface area contributed by atoms with E-state index in [2.05, 4.69) is 9.71 Å². The third kappa shape index (κ3) is 3.69. The van der Waals surface area contributed by atoms with Gasteiger partial charge in [0.25, 0.3) is 0 Å². The Morgan fingerprint density at radius 2 is 2.05 bits per heavy atom. The van der Waals surface area contributed by atoms with E-state index in [1.54, 1.807) is 32.9 Å². The molecular formula is C14H18N2O4S. The SMILES string of the molecule is Cc1cnc(C(C)NS(=O)(=O)c2cccc(C(C)O)c2)o1. The van der Waals surface area contributed by atoms with Crippen LogP contribution < -0.4 is 4.72 Å². The molecule has 114 valence electrons. The smallest absolute Gasteiger partial charge is 0.241 e. The number of nitrogens with one attached hydrogen (secondary N) is 1. The van der Waals surface area contributed by atoms with E-state index in [1.807, 2.05) is 0 Å². The lowest BCUT2D eigenvalue weighted by atomic mass is 10.1. The van der Waals surface area contributed by atoms with Crippen LogP contribution in [0.2, 0.25) is 0 Å². The first kappa shape index (κ1) is 15.7. The van der Waals surface area contributed by atoms with Crippen LogP contribution >= 0.6 is 0 Å². The van der Waals surface area contributed by atoms with Gasteiger partial charge in [-0.15, -0.1) is 0 Å². The third-order valence-electron chi connectivity index (χ3n) is 2.99. The monoisotopic (exact) mass is 310 g/mol. The van der Waals surface area contributed by atoms with Crippen molar-refractivity contribution in [2.45, 2.75) is 37.8 Å². The quantitative estimate of drug-likeness (QED) is 0.882. The number of hydrogen-bond donors (Lipinski definition) is 2. The molecule has 1 aromatic heterocycles. The van der Waals surface area contributed by atoms with Gasteiger partial charge in [-0.25, -0.2) is 13.4 Å². The molecule has 0 radical (unpaired) electrons. The number of aliphatic hydroxyl groups excluding tert-OH is 1. The van der Waals surface area contributed by atoms with Crippen LogP contribution in [0.4, 0.5) is 0 Å². The predicted octanol–water partition coefficient (Wildman–Crippen LogP) is 2.08. The summed E-state index contributed by atoms with van der Waals surface area (Å²) in [6.07, 6.45) is 0.806. The normalized spacial score (nSPS) is 14.9. The topological polar surface area (TPSA) is 92.4 Å². The summed E-state index contributed by atoms with van der Waals surface area (Å²) in [7, 11) is -3.72. The molecule has 2 N–H and O–H groups in total. The van der Waals surface area contributed by atoms with Crippen LogP contribution in [-0.2, 0) is 10.0 Å². The number of hydrogen-bond acceptors (Lipinski definition) is 5. The van der Waals surface area contributed by atoms with E-state index in [9.17, 15) is 13.5 Å². The highest BCUT2D eigenvalue weighted by atomic mass is 32.2. The molecule has 2 unspecified atom stereocenters. The van der Waals surface area contributed by atoms with Gasteiger partial charge in [0.05, 0.1) is 23.2 Å². The van der Waals surface area contributed by atoms with Crippen LogP contribution in [0.3, 0.4) is 0 Å². The molecule has 0 fully saturated rings. The Morgan fingerprint density at radius 1 is 1.33 bits per heavy atom. The van der Waals surface area contributed by atoms with Crippen LogP contribution in [0.1, 0.15) is 43.2 Å². The zero-order valence-corrected chi connectivity index (χ0v) is 12.9. The van der Waals surface area contributed by atoms with Crippen molar-refractivity contribution in [3.63, 3.8) is 0 Å². The number of nitrogens with zero attached hydrogens (tertiary/aromatic N) is 1. The van der Waals surface area contributed by atoms with Crippen molar-refractivity contribution in [3.05, 3.63) is 47.7 Å². The zero-order valence-electron chi connectivity index (χ0n) is 12.1. The molecule has 0 aliphatic heterocycles. The number of aryl methyl sites for hydroxylation is 1. The summed E-state index contributed by atoms with van der Waals surface area (Å²) in [6.45, 7) is 4.97. The van der Waals surface area contributed by atoms with Crippen LogP contribution in [-0.4, -0.2) is 18.5 Å². The van der Waals surface area contributed by atoms with Gasteiger partial charge in [0.1, 0.15) is 5.76 Å². The summed E-state index contributed by atoms with van der Waals surface area (Å²) in [5.41, 5.74) is 0.539. The molecule has 2 rings (SSSR count). The average Bonchev–Trinajstić information content (AvgIpc) is 2.85. The largest absolute Gasteiger partial charge is 0.444 e. The Hall–Kier alpha value is -1.70. The molecule has 21 heavy (non-hydrogen) atoms. The summed E-state index contributed by atoms with van der Waals surface area (Å²) in [5, 5.41) is 9.54. The third-order valence-corrected chi connectivity index (χ3v) is 4.53. The Bertz CT molecular complexity index is 722. The molecule has 0 saturated heterocycles. The summed E-state index contributed by atoms with van der Waals surface area (Å²) < 4.78 is 32.5. The van der Waals surface area contributed by atoms with Gasteiger partial charge >= 0.3 is 0 Å². The summed E-state index contributed by atoms with van der Waals surface area (Å²) >= 11 is 0. The standard InChI is InChI=1S/C14H18N2O4S/c1-9-8-15-14(20-9)10(2)16-21(18,19)13-6-4-5-12(7-13)11(3)17/h4-8,10-11,16-17H,1-3H3. The fraction of sp³-hybridized carbons (Fsp3) is 0.357. The van der Waals surface area contributed by atoms with Crippen LogP contribution in [0.25, 0.3) is 0 Å². The summed E-state index contributed by atoms with van der Waals surface area (Å²) in [4.78, 5) is 4.10. The molecular weight excluding hydrogens is 292 g/mol. The van der Waals surface area contributed by atoms with Gasteiger partial charge in [-0.1, -0.05) is 12.1 Å². The van der Waals surface area contributed by atoms with E-state index in [0.29, 0.717) is 17.2 Å². The van der Waals surface area contributed by atoms with Gasteiger partial charge < -0.3 is 9.52 Å². The number of oxazole rings is 1. The van der Waals surface area contributed by atoms with Crippen molar-refractivity contribution in [1.82, 2.24) is 9.71 Å². The van der Waals surface area contributed by atoms with E-state index in [-0.39, 0.29) is 4.90 Å². The van der Waals surface area contributed by atoms with Gasteiger partial charge in [-0.05, 0) is 38.5 Å². The van der Waals surface area contributed by atoms with Gasteiger partial charge in [0, 0.05) is 0 Å². The first-order valence-corrected chi connectivity index (χ1v) is 8.00.